The van der Waals surface area contributed by atoms with E-state index in [1.165, 1.54) is 19.6 Å². The van der Waals surface area contributed by atoms with Crippen LogP contribution in [0, 0.1) is 0 Å². The first kappa shape index (κ1) is 11.7. The second-order valence-electron chi connectivity index (χ2n) is 3.97. The molecule has 0 amide bonds. The van der Waals surface area contributed by atoms with E-state index in [-0.39, 0.29) is 0 Å². The Morgan fingerprint density at radius 1 is 0.944 bits per heavy atom. The minimum absolute atomic E-state index is 0.652. The molecule has 0 fully saturated rings. The van der Waals surface area contributed by atoms with E-state index in [2.05, 4.69) is 29.4 Å². The van der Waals surface area contributed by atoms with E-state index in [0.29, 0.717) is 5.71 Å². The Morgan fingerprint density at radius 3 is 2.33 bits per heavy atom. The molecule has 3 rings (SSSR count). The van der Waals surface area contributed by atoms with Crippen LogP contribution in [-0.2, 0) is 0 Å². The maximum Gasteiger partial charge on any atom is 0.0848 e. The molecule has 0 saturated heterocycles. The quantitative estimate of drug-likeness (QED) is 0.402. The minimum atomic E-state index is 0.652. The van der Waals surface area contributed by atoms with Crippen LogP contribution in [0.15, 0.2) is 67.2 Å². The van der Waals surface area contributed by atoms with E-state index in [9.17, 15) is 0 Å². The molecule has 0 atom stereocenters. The van der Waals surface area contributed by atoms with Gasteiger partial charge >= 0.3 is 0 Å². The number of rotatable bonds is 1. The molecule has 18 heavy (non-hydrogen) atoms. The fourth-order valence-electron chi connectivity index (χ4n) is 1.89. The third kappa shape index (κ3) is 1.91. The van der Waals surface area contributed by atoms with Crippen molar-refractivity contribution in [3.8, 4) is 0 Å². The molecule has 2 nitrogen and oxygen atoms in total. The van der Waals surface area contributed by atoms with Crippen LogP contribution in [0.2, 0.25) is 0 Å². The van der Waals surface area contributed by atoms with Gasteiger partial charge in [0.1, 0.15) is 0 Å². The largest absolute Gasteiger partial charge is 0.411 e. The van der Waals surface area contributed by atoms with E-state index in [1.54, 1.807) is 23.5 Å². The van der Waals surface area contributed by atoms with Crippen molar-refractivity contribution in [3.05, 3.63) is 48.0 Å². The fraction of sp³-hybridized carbons (Fsp3) is 0.0714. The van der Waals surface area contributed by atoms with Crippen molar-refractivity contribution in [2.24, 2.45) is 5.16 Å². The van der Waals surface area contributed by atoms with Crippen LogP contribution in [0.3, 0.4) is 0 Å². The highest BCUT2D eigenvalue weighted by Crippen LogP contribution is 2.49. The lowest BCUT2D eigenvalue weighted by atomic mass is 10.1. The summed E-state index contributed by atoms with van der Waals surface area (Å²) >= 11 is 3.51. The van der Waals surface area contributed by atoms with Crippen LogP contribution < -0.4 is 0 Å². The standard InChI is InChI=1S/C14H11NOS2/c1-9(15-16)10-5-4-8-13-14(10)18-12-7-3-2-6-11(12)17-13/h2-8,16H,1H3/b15-9+. The lowest BCUT2D eigenvalue weighted by molar-refractivity contribution is 0.319. The van der Waals surface area contributed by atoms with E-state index < -0.39 is 0 Å². The Kier molecular flexibility index (Phi) is 3.06. The van der Waals surface area contributed by atoms with Gasteiger partial charge in [-0.3, -0.25) is 0 Å². The monoisotopic (exact) mass is 273 g/mol. The molecular weight excluding hydrogens is 262 g/mol. The summed E-state index contributed by atoms with van der Waals surface area (Å²) in [5, 5.41) is 12.3. The predicted molar refractivity (Wildman–Crippen MR) is 75.1 cm³/mol. The predicted octanol–water partition coefficient (Wildman–Crippen LogP) is 4.50. The molecule has 90 valence electrons. The normalized spacial score (nSPS) is 13.9. The summed E-state index contributed by atoms with van der Waals surface area (Å²) in [6, 6.07) is 14.5. The third-order valence-electron chi connectivity index (χ3n) is 2.80. The van der Waals surface area contributed by atoms with Crippen LogP contribution >= 0.6 is 23.5 Å². The highest BCUT2D eigenvalue weighted by atomic mass is 32.2. The third-order valence-corrected chi connectivity index (χ3v) is 5.41. The second-order valence-corrected chi connectivity index (χ2v) is 6.11. The zero-order valence-electron chi connectivity index (χ0n) is 9.75. The van der Waals surface area contributed by atoms with Gasteiger partial charge in [-0.15, -0.1) is 0 Å². The number of oxime groups is 1. The Hall–Kier alpha value is -1.39. The number of benzene rings is 2. The van der Waals surface area contributed by atoms with Crippen molar-refractivity contribution < 1.29 is 5.21 Å². The van der Waals surface area contributed by atoms with Gasteiger partial charge in [-0.2, -0.15) is 0 Å². The van der Waals surface area contributed by atoms with Gasteiger partial charge in [0.25, 0.3) is 0 Å². The fourth-order valence-corrected chi connectivity index (χ4v) is 4.32. The topological polar surface area (TPSA) is 32.6 Å². The lowest BCUT2D eigenvalue weighted by Gasteiger charge is -2.20. The first-order chi connectivity index (χ1) is 8.79. The van der Waals surface area contributed by atoms with E-state index in [1.807, 2.05) is 25.1 Å². The maximum absolute atomic E-state index is 8.96. The van der Waals surface area contributed by atoms with Crippen molar-refractivity contribution in [1.82, 2.24) is 0 Å². The summed E-state index contributed by atoms with van der Waals surface area (Å²) < 4.78 is 0. The molecule has 2 aromatic carbocycles. The molecule has 0 spiro atoms. The van der Waals surface area contributed by atoms with Gasteiger partial charge in [0.2, 0.25) is 0 Å². The molecule has 1 aliphatic heterocycles. The Balaban J connectivity index is 2.13. The highest BCUT2D eigenvalue weighted by Gasteiger charge is 2.20. The van der Waals surface area contributed by atoms with E-state index in [4.69, 9.17) is 5.21 Å². The lowest BCUT2D eigenvalue weighted by Crippen LogP contribution is -2.00. The SMILES string of the molecule is C/C(=N\O)c1cccc2c1Sc1ccccc1S2. The zero-order chi connectivity index (χ0) is 12.5. The minimum Gasteiger partial charge on any atom is -0.411 e. The zero-order valence-corrected chi connectivity index (χ0v) is 11.4. The maximum atomic E-state index is 8.96. The van der Waals surface area contributed by atoms with Gasteiger partial charge in [0.05, 0.1) is 5.71 Å². The van der Waals surface area contributed by atoms with Crippen molar-refractivity contribution in [2.45, 2.75) is 26.5 Å². The molecule has 0 aliphatic carbocycles. The van der Waals surface area contributed by atoms with Gasteiger partial charge in [0, 0.05) is 25.1 Å². The molecule has 4 heteroatoms. The summed E-state index contributed by atoms with van der Waals surface area (Å²) in [4.78, 5) is 4.94. The van der Waals surface area contributed by atoms with Crippen LogP contribution in [0.4, 0.5) is 0 Å². The molecule has 0 saturated carbocycles. The molecule has 0 aromatic heterocycles. The Bertz CT molecular complexity index is 637. The van der Waals surface area contributed by atoms with Gasteiger partial charge in [-0.05, 0) is 25.1 Å². The highest BCUT2D eigenvalue weighted by molar-refractivity contribution is 8.05. The molecule has 1 aliphatic rings. The van der Waals surface area contributed by atoms with Crippen LogP contribution in [-0.4, -0.2) is 10.9 Å². The first-order valence-electron chi connectivity index (χ1n) is 5.56. The first-order valence-corrected chi connectivity index (χ1v) is 7.19. The Morgan fingerprint density at radius 2 is 1.61 bits per heavy atom. The van der Waals surface area contributed by atoms with E-state index in [0.717, 1.165) is 5.56 Å². The average molecular weight is 273 g/mol. The summed E-state index contributed by atoms with van der Waals surface area (Å²) in [6.07, 6.45) is 0. The van der Waals surface area contributed by atoms with Crippen molar-refractivity contribution in [3.63, 3.8) is 0 Å². The van der Waals surface area contributed by atoms with E-state index >= 15 is 0 Å². The van der Waals surface area contributed by atoms with Gasteiger partial charge in [0.15, 0.2) is 0 Å². The van der Waals surface area contributed by atoms with Crippen LogP contribution in [0.5, 0.6) is 0 Å². The van der Waals surface area contributed by atoms with Gasteiger partial charge in [-0.1, -0.05) is 52.9 Å². The molecule has 0 bridgehead atoms. The second kappa shape index (κ2) is 4.71. The van der Waals surface area contributed by atoms with Crippen molar-refractivity contribution >= 4 is 29.2 Å². The molecule has 2 aromatic rings. The van der Waals surface area contributed by atoms with Gasteiger partial charge in [-0.25, -0.2) is 0 Å². The molecular formula is C14H11NOS2. The molecule has 1 N–H and O–H groups in total. The molecule has 0 radical (unpaired) electrons. The summed E-state index contributed by atoms with van der Waals surface area (Å²) in [6.45, 7) is 1.82. The summed E-state index contributed by atoms with van der Waals surface area (Å²) in [5.74, 6) is 0. The average Bonchev–Trinajstić information content (AvgIpc) is 2.43. The van der Waals surface area contributed by atoms with Gasteiger partial charge < -0.3 is 5.21 Å². The smallest absolute Gasteiger partial charge is 0.0848 e. The summed E-state index contributed by atoms with van der Waals surface area (Å²) in [7, 11) is 0. The number of hydrogen-bond donors (Lipinski definition) is 1. The molecule has 1 heterocycles. The number of nitrogens with zero attached hydrogens (tertiary/aromatic N) is 1. The number of fused-ring (bicyclic) bond motifs is 2. The van der Waals surface area contributed by atoms with Crippen LogP contribution in [0.25, 0.3) is 0 Å². The molecule has 0 unspecified atom stereocenters. The Labute approximate surface area is 114 Å². The van der Waals surface area contributed by atoms with Crippen molar-refractivity contribution in [1.29, 1.82) is 0 Å². The van der Waals surface area contributed by atoms with Crippen molar-refractivity contribution in [2.75, 3.05) is 0 Å². The van der Waals surface area contributed by atoms with Crippen LogP contribution in [0.1, 0.15) is 12.5 Å². The summed E-state index contributed by atoms with van der Waals surface area (Å²) in [5.41, 5.74) is 1.65. The number of hydrogen-bond acceptors (Lipinski definition) is 4.